The number of carbonyl (C=O) groups excluding carboxylic acids is 1. The van der Waals surface area contributed by atoms with Crippen LogP contribution in [0.15, 0.2) is 6.20 Å². The lowest BCUT2D eigenvalue weighted by atomic mass is 10.1. The van der Waals surface area contributed by atoms with Gasteiger partial charge < -0.3 is 14.2 Å². The van der Waals surface area contributed by atoms with Gasteiger partial charge in [-0.25, -0.2) is 0 Å². The van der Waals surface area contributed by atoms with Gasteiger partial charge in [0.05, 0.1) is 37.6 Å². The number of halogens is 3. The standard InChI is InChI=1S/C12H14F3NO4/c1-4-19-10(17)5-8-9(20-12(13,14)15)6-16-7(2)11(8)18-3/h6H,4-5H2,1-3H3. The predicted octanol–water partition coefficient (Wildman–Crippen LogP) is 2.40. The Morgan fingerprint density at radius 2 is 2.05 bits per heavy atom. The van der Waals surface area contributed by atoms with Gasteiger partial charge in [-0.15, -0.1) is 13.2 Å². The molecule has 0 radical (unpaired) electrons. The highest BCUT2D eigenvalue weighted by atomic mass is 19.4. The molecule has 0 atom stereocenters. The normalized spacial score (nSPS) is 11.1. The highest BCUT2D eigenvalue weighted by molar-refractivity contribution is 5.75. The van der Waals surface area contributed by atoms with E-state index < -0.39 is 24.5 Å². The SMILES string of the molecule is CCOC(=O)Cc1c(OC(F)(F)F)cnc(C)c1OC. The van der Waals surface area contributed by atoms with Crippen LogP contribution in [0.5, 0.6) is 11.5 Å². The van der Waals surface area contributed by atoms with Gasteiger partial charge in [0.15, 0.2) is 5.75 Å². The molecule has 0 saturated heterocycles. The summed E-state index contributed by atoms with van der Waals surface area (Å²) in [7, 11) is 1.27. The molecule has 0 aromatic carbocycles. The fraction of sp³-hybridized carbons (Fsp3) is 0.500. The van der Waals surface area contributed by atoms with Gasteiger partial charge in [-0.2, -0.15) is 0 Å². The highest BCUT2D eigenvalue weighted by Gasteiger charge is 2.33. The smallest absolute Gasteiger partial charge is 0.494 e. The van der Waals surface area contributed by atoms with Crippen LogP contribution in [0.4, 0.5) is 13.2 Å². The van der Waals surface area contributed by atoms with E-state index in [1.54, 1.807) is 13.8 Å². The molecule has 1 aromatic rings. The molecule has 0 N–H and O–H groups in total. The number of methoxy groups -OCH3 is 1. The van der Waals surface area contributed by atoms with Crippen LogP contribution < -0.4 is 9.47 Å². The largest absolute Gasteiger partial charge is 0.573 e. The second-order valence-electron chi connectivity index (χ2n) is 3.75. The number of rotatable bonds is 5. The number of hydrogen-bond acceptors (Lipinski definition) is 5. The summed E-state index contributed by atoms with van der Waals surface area (Å²) < 4.78 is 50.6. The van der Waals surface area contributed by atoms with Crippen molar-refractivity contribution >= 4 is 5.97 Å². The Labute approximate surface area is 113 Å². The van der Waals surface area contributed by atoms with E-state index in [0.717, 1.165) is 6.20 Å². The van der Waals surface area contributed by atoms with Crippen molar-refractivity contribution in [2.24, 2.45) is 0 Å². The monoisotopic (exact) mass is 293 g/mol. The molecule has 0 fully saturated rings. The van der Waals surface area contributed by atoms with Gasteiger partial charge in [0, 0.05) is 0 Å². The average molecular weight is 293 g/mol. The number of carbonyl (C=O) groups is 1. The number of nitrogens with zero attached hydrogens (tertiary/aromatic N) is 1. The summed E-state index contributed by atoms with van der Waals surface area (Å²) in [5.74, 6) is -1.18. The summed E-state index contributed by atoms with van der Waals surface area (Å²) in [5.41, 5.74) is 0.303. The molecule has 0 unspecified atom stereocenters. The van der Waals surface area contributed by atoms with Crippen LogP contribution in [0.2, 0.25) is 0 Å². The Bertz CT molecular complexity index is 488. The van der Waals surface area contributed by atoms with Crippen LogP contribution in [0.3, 0.4) is 0 Å². The first-order valence-corrected chi connectivity index (χ1v) is 5.72. The van der Waals surface area contributed by atoms with Gasteiger partial charge in [0.1, 0.15) is 5.75 Å². The summed E-state index contributed by atoms with van der Waals surface area (Å²) in [6.45, 7) is 3.27. The third kappa shape index (κ3) is 4.29. The molecule has 0 aliphatic rings. The summed E-state index contributed by atoms with van der Waals surface area (Å²) in [6, 6.07) is 0. The minimum atomic E-state index is -4.88. The third-order valence-electron chi connectivity index (χ3n) is 2.33. The Kier molecular flexibility index (Phi) is 5.18. The van der Waals surface area contributed by atoms with Gasteiger partial charge in [0.2, 0.25) is 0 Å². The second kappa shape index (κ2) is 6.44. The third-order valence-corrected chi connectivity index (χ3v) is 2.33. The van der Waals surface area contributed by atoms with Crippen molar-refractivity contribution in [3.8, 4) is 11.5 Å². The molecule has 0 aliphatic carbocycles. The molecule has 20 heavy (non-hydrogen) atoms. The molecule has 8 heteroatoms. The topological polar surface area (TPSA) is 57.7 Å². The average Bonchev–Trinajstić information content (AvgIpc) is 2.32. The molecule has 0 bridgehead atoms. The van der Waals surface area contributed by atoms with E-state index in [0.29, 0.717) is 5.69 Å². The number of hydrogen-bond donors (Lipinski definition) is 0. The number of alkyl halides is 3. The summed E-state index contributed by atoms with van der Waals surface area (Å²) in [5, 5.41) is 0. The maximum atomic E-state index is 12.3. The molecule has 0 aliphatic heterocycles. The lowest BCUT2D eigenvalue weighted by Gasteiger charge is -2.16. The van der Waals surface area contributed by atoms with Crippen molar-refractivity contribution in [2.75, 3.05) is 13.7 Å². The second-order valence-corrected chi connectivity index (χ2v) is 3.75. The minimum absolute atomic E-state index is 0.0456. The van der Waals surface area contributed by atoms with Crippen LogP contribution in [0.25, 0.3) is 0 Å². The molecule has 0 saturated carbocycles. The molecular formula is C12H14F3NO4. The lowest BCUT2D eigenvalue weighted by molar-refractivity contribution is -0.275. The highest BCUT2D eigenvalue weighted by Crippen LogP contribution is 2.34. The fourth-order valence-electron chi connectivity index (χ4n) is 1.63. The zero-order chi connectivity index (χ0) is 15.3. The van der Waals surface area contributed by atoms with Gasteiger partial charge in [-0.3, -0.25) is 9.78 Å². The van der Waals surface area contributed by atoms with Gasteiger partial charge >= 0.3 is 12.3 Å². The Balaban J connectivity index is 3.19. The van der Waals surface area contributed by atoms with E-state index in [1.807, 2.05) is 0 Å². The van der Waals surface area contributed by atoms with E-state index in [1.165, 1.54) is 7.11 Å². The molecular weight excluding hydrogens is 279 g/mol. The van der Waals surface area contributed by atoms with Crippen molar-refractivity contribution in [1.29, 1.82) is 0 Å². The molecule has 1 aromatic heterocycles. The van der Waals surface area contributed by atoms with Crippen LogP contribution in [0, 0.1) is 6.92 Å². The van der Waals surface area contributed by atoms with Crippen molar-refractivity contribution in [2.45, 2.75) is 26.6 Å². The lowest BCUT2D eigenvalue weighted by Crippen LogP contribution is -2.20. The number of aryl methyl sites for hydroxylation is 1. The molecule has 112 valence electrons. The molecule has 0 amide bonds. The number of esters is 1. The summed E-state index contributed by atoms with van der Waals surface area (Å²) >= 11 is 0. The van der Waals surface area contributed by atoms with Gasteiger partial charge in [-0.1, -0.05) is 0 Å². The van der Waals surface area contributed by atoms with Crippen molar-refractivity contribution in [1.82, 2.24) is 4.98 Å². The Morgan fingerprint density at radius 1 is 1.40 bits per heavy atom. The summed E-state index contributed by atoms with van der Waals surface area (Å²) in [4.78, 5) is 15.2. The Hall–Kier alpha value is -1.99. The molecule has 0 spiro atoms. The van der Waals surface area contributed by atoms with E-state index in [9.17, 15) is 18.0 Å². The number of aromatic nitrogens is 1. The quantitative estimate of drug-likeness (QED) is 0.780. The van der Waals surface area contributed by atoms with Gasteiger partial charge in [-0.05, 0) is 13.8 Å². The minimum Gasteiger partial charge on any atom is -0.494 e. The van der Waals surface area contributed by atoms with E-state index in [-0.39, 0.29) is 17.9 Å². The Morgan fingerprint density at radius 3 is 2.55 bits per heavy atom. The first-order valence-electron chi connectivity index (χ1n) is 5.72. The zero-order valence-electron chi connectivity index (χ0n) is 11.2. The molecule has 1 rings (SSSR count). The van der Waals surface area contributed by atoms with E-state index >= 15 is 0 Å². The van der Waals surface area contributed by atoms with E-state index in [4.69, 9.17) is 9.47 Å². The van der Waals surface area contributed by atoms with Crippen LogP contribution >= 0.6 is 0 Å². The maximum Gasteiger partial charge on any atom is 0.573 e. The van der Waals surface area contributed by atoms with Crippen molar-refractivity contribution < 1.29 is 32.2 Å². The molecule has 5 nitrogen and oxygen atoms in total. The molecule has 1 heterocycles. The first kappa shape index (κ1) is 16.1. The van der Waals surface area contributed by atoms with Crippen LogP contribution in [0.1, 0.15) is 18.2 Å². The van der Waals surface area contributed by atoms with Gasteiger partial charge in [0.25, 0.3) is 0 Å². The predicted molar refractivity (Wildman–Crippen MR) is 62.5 cm³/mol. The zero-order valence-corrected chi connectivity index (χ0v) is 11.2. The number of pyridine rings is 1. The fourth-order valence-corrected chi connectivity index (χ4v) is 1.63. The summed E-state index contributed by atoms with van der Waals surface area (Å²) in [6.07, 6.45) is -4.38. The van der Waals surface area contributed by atoms with Crippen LogP contribution in [-0.4, -0.2) is 31.0 Å². The van der Waals surface area contributed by atoms with Crippen molar-refractivity contribution in [3.63, 3.8) is 0 Å². The maximum absolute atomic E-state index is 12.3. The van der Waals surface area contributed by atoms with Crippen molar-refractivity contribution in [3.05, 3.63) is 17.5 Å². The first-order chi connectivity index (χ1) is 9.28. The number of ether oxygens (including phenoxy) is 3. The van der Waals surface area contributed by atoms with E-state index in [2.05, 4.69) is 9.72 Å². The van der Waals surface area contributed by atoms with Crippen LogP contribution in [-0.2, 0) is 16.0 Å².